The SMILES string of the molecule is COC(=O)c1ccc(CN(CCc2cc(Cl)cc(Cl)c2)S(=O)O)nc1. The van der Waals surface area contributed by atoms with E-state index in [1.54, 1.807) is 30.3 Å². The molecular formula is C16H16Cl2N2O4S. The fraction of sp³-hybridized carbons (Fsp3) is 0.250. The minimum Gasteiger partial charge on any atom is -0.465 e. The third-order valence-electron chi connectivity index (χ3n) is 3.38. The smallest absolute Gasteiger partial charge is 0.339 e. The number of ether oxygens (including phenoxy) is 1. The Kier molecular flexibility index (Phi) is 7.34. The number of halogens is 2. The molecule has 0 saturated heterocycles. The predicted molar refractivity (Wildman–Crippen MR) is 96.9 cm³/mol. The number of pyridine rings is 1. The Hall–Kier alpha value is -1.51. The highest BCUT2D eigenvalue weighted by Crippen LogP contribution is 2.20. The standard InChI is InChI=1S/C16H16Cl2N2O4S/c1-24-16(21)12-2-3-15(19-9-12)10-20(25(22)23)5-4-11-6-13(17)8-14(18)7-11/h2-3,6-9H,4-5,10H2,1H3,(H,22,23). The molecule has 2 aromatic rings. The molecule has 0 aliphatic heterocycles. The zero-order valence-corrected chi connectivity index (χ0v) is 15.6. The molecule has 0 spiro atoms. The van der Waals surface area contributed by atoms with E-state index in [2.05, 4.69) is 9.72 Å². The van der Waals surface area contributed by atoms with Crippen LogP contribution >= 0.6 is 23.2 Å². The molecule has 0 fully saturated rings. The molecule has 134 valence electrons. The largest absolute Gasteiger partial charge is 0.465 e. The summed E-state index contributed by atoms with van der Waals surface area (Å²) < 4.78 is 27.0. The molecule has 6 nitrogen and oxygen atoms in total. The first-order valence-corrected chi connectivity index (χ1v) is 9.05. The van der Waals surface area contributed by atoms with E-state index in [-0.39, 0.29) is 6.54 Å². The van der Waals surface area contributed by atoms with Gasteiger partial charge in [0.1, 0.15) is 0 Å². The number of rotatable bonds is 7. The van der Waals surface area contributed by atoms with E-state index >= 15 is 0 Å². The lowest BCUT2D eigenvalue weighted by atomic mass is 10.1. The van der Waals surface area contributed by atoms with E-state index in [4.69, 9.17) is 23.2 Å². The number of hydrogen-bond acceptors (Lipinski definition) is 4. The van der Waals surface area contributed by atoms with Crippen LogP contribution in [0.3, 0.4) is 0 Å². The molecule has 25 heavy (non-hydrogen) atoms. The molecule has 1 aromatic carbocycles. The van der Waals surface area contributed by atoms with Gasteiger partial charge in [0, 0.05) is 22.8 Å². The van der Waals surface area contributed by atoms with Crippen molar-refractivity contribution in [1.82, 2.24) is 9.29 Å². The predicted octanol–water partition coefficient (Wildman–Crippen LogP) is 3.36. The average molecular weight is 403 g/mol. The van der Waals surface area contributed by atoms with Gasteiger partial charge in [-0.1, -0.05) is 23.2 Å². The number of methoxy groups -OCH3 is 1. The summed E-state index contributed by atoms with van der Waals surface area (Å²) in [6.45, 7) is 0.457. The number of benzene rings is 1. The summed E-state index contributed by atoms with van der Waals surface area (Å²) in [6, 6.07) is 8.32. The van der Waals surface area contributed by atoms with Crippen molar-refractivity contribution in [3.63, 3.8) is 0 Å². The Balaban J connectivity index is 2.03. The highest BCUT2D eigenvalue weighted by atomic mass is 35.5. The van der Waals surface area contributed by atoms with Gasteiger partial charge in [0.05, 0.1) is 24.9 Å². The molecule has 9 heteroatoms. The molecule has 0 bridgehead atoms. The van der Waals surface area contributed by atoms with Crippen molar-refractivity contribution in [3.05, 3.63) is 63.4 Å². The zero-order chi connectivity index (χ0) is 18.4. The fourth-order valence-corrected chi connectivity index (χ4v) is 3.22. The molecule has 0 saturated carbocycles. The maximum atomic E-state index is 11.6. The Bertz CT molecular complexity index is 751. The van der Waals surface area contributed by atoms with Gasteiger partial charge in [-0.2, -0.15) is 4.31 Å². The number of carbonyl (C=O) groups excluding carboxylic acids is 1. The van der Waals surface area contributed by atoms with Crippen molar-refractivity contribution in [2.75, 3.05) is 13.7 Å². The van der Waals surface area contributed by atoms with E-state index in [0.29, 0.717) is 34.3 Å². The summed E-state index contributed by atoms with van der Waals surface area (Å²) >= 11 is 9.74. The second-order valence-electron chi connectivity index (χ2n) is 5.15. The van der Waals surface area contributed by atoms with Gasteiger partial charge in [0.15, 0.2) is 0 Å². The Morgan fingerprint density at radius 1 is 1.28 bits per heavy atom. The molecular weight excluding hydrogens is 387 g/mol. The topological polar surface area (TPSA) is 79.7 Å². The molecule has 2 rings (SSSR count). The van der Waals surface area contributed by atoms with Crippen LogP contribution in [0, 0.1) is 0 Å². The molecule has 1 unspecified atom stereocenters. The molecule has 0 aliphatic rings. The van der Waals surface area contributed by atoms with Gasteiger partial charge in [-0.05, 0) is 42.3 Å². The highest BCUT2D eigenvalue weighted by molar-refractivity contribution is 7.76. The van der Waals surface area contributed by atoms with Crippen molar-refractivity contribution >= 4 is 40.4 Å². The van der Waals surface area contributed by atoms with Crippen LogP contribution in [-0.4, -0.2) is 37.7 Å². The first-order valence-electron chi connectivity index (χ1n) is 7.23. The van der Waals surface area contributed by atoms with Crippen molar-refractivity contribution in [2.45, 2.75) is 13.0 Å². The molecule has 0 amide bonds. The van der Waals surface area contributed by atoms with Gasteiger partial charge < -0.3 is 4.74 Å². The van der Waals surface area contributed by atoms with Crippen LogP contribution in [0.15, 0.2) is 36.5 Å². The maximum absolute atomic E-state index is 11.6. The minimum atomic E-state index is -2.17. The molecule has 1 atom stereocenters. The van der Waals surface area contributed by atoms with Crippen molar-refractivity contribution in [3.8, 4) is 0 Å². The summed E-state index contributed by atoms with van der Waals surface area (Å²) in [5, 5.41) is 1.03. The third kappa shape index (κ3) is 6.05. The third-order valence-corrected chi connectivity index (χ3v) is 4.57. The van der Waals surface area contributed by atoms with Gasteiger partial charge in [0.25, 0.3) is 0 Å². The molecule has 1 heterocycles. The van der Waals surface area contributed by atoms with Gasteiger partial charge in [-0.3, -0.25) is 9.54 Å². The zero-order valence-electron chi connectivity index (χ0n) is 13.3. The second-order valence-corrected chi connectivity index (χ2v) is 7.00. The Morgan fingerprint density at radius 3 is 2.48 bits per heavy atom. The molecule has 1 aromatic heterocycles. The Labute approximate surface area is 158 Å². The first kappa shape index (κ1) is 19.8. The number of aromatic nitrogens is 1. The minimum absolute atomic E-state index is 0.152. The number of hydrogen-bond donors (Lipinski definition) is 1. The summed E-state index contributed by atoms with van der Waals surface area (Å²) in [5.74, 6) is -0.487. The van der Waals surface area contributed by atoms with Crippen LogP contribution in [0.5, 0.6) is 0 Å². The summed E-state index contributed by atoms with van der Waals surface area (Å²) in [6.07, 6.45) is 1.86. The quantitative estimate of drug-likeness (QED) is 0.567. The van der Waals surface area contributed by atoms with E-state index in [9.17, 15) is 13.6 Å². The van der Waals surface area contributed by atoms with E-state index < -0.39 is 17.2 Å². The van der Waals surface area contributed by atoms with Crippen LogP contribution in [0.25, 0.3) is 0 Å². The van der Waals surface area contributed by atoms with Crippen LogP contribution < -0.4 is 0 Å². The van der Waals surface area contributed by atoms with Crippen LogP contribution in [0.2, 0.25) is 10.0 Å². The van der Waals surface area contributed by atoms with Crippen LogP contribution in [-0.2, 0) is 29.0 Å². The normalized spacial score (nSPS) is 12.2. The Morgan fingerprint density at radius 2 is 1.96 bits per heavy atom. The van der Waals surface area contributed by atoms with Gasteiger partial charge in [-0.15, -0.1) is 0 Å². The lowest BCUT2D eigenvalue weighted by Crippen LogP contribution is -2.28. The lowest BCUT2D eigenvalue weighted by molar-refractivity contribution is 0.0600. The summed E-state index contributed by atoms with van der Waals surface area (Å²) in [7, 11) is 1.29. The average Bonchev–Trinajstić information content (AvgIpc) is 2.57. The summed E-state index contributed by atoms with van der Waals surface area (Å²) in [4.78, 5) is 15.5. The lowest BCUT2D eigenvalue weighted by Gasteiger charge is -2.17. The van der Waals surface area contributed by atoms with Crippen LogP contribution in [0.4, 0.5) is 0 Å². The first-order chi connectivity index (χ1) is 11.9. The van der Waals surface area contributed by atoms with E-state index in [0.717, 1.165) is 5.56 Å². The van der Waals surface area contributed by atoms with Crippen molar-refractivity contribution in [1.29, 1.82) is 0 Å². The fourth-order valence-electron chi connectivity index (χ4n) is 2.16. The second kappa shape index (κ2) is 9.26. The number of carbonyl (C=O) groups is 1. The van der Waals surface area contributed by atoms with Gasteiger partial charge in [0.2, 0.25) is 11.3 Å². The summed E-state index contributed by atoms with van der Waals surface area (Å²) in [5.41, 5.74) is 1.73. The van der Waals surface area contributed by atoms with Crippen molar-refractivity contribution in [2.24, 2.45) is 0 Å². The van der Waals surface area contributed by atoms with Gasteiger partial charge in [-0.25, -0.2) is 9.00 Å². The molecule has 0 aliphatic carbocycles. The highest BCUT2D eigenvalue weighted by Gasteiger charge is 2.14. The maximum Gasteiger partial charge on any atom is 0.339 e. The van der Waals surface area contributed by atoms with Gasteiger partial charge >= 0.3 is 5.97 Å². The molecule has 1 N–H and O–H groups in total. The van der Waals surface area contributed by atoms with Crippen LogP contribution in [0.1, 0.15) is 21.6 Å². The number of nitrogens with zero attached hydrogens (tertiary/aromatic N) is 2. The number of esters is 1. The monoisotopic (exact) mass is 402 g/mol. The van der Waals surface area contributed by atoms with E-state index in [1.807, 2.05) is 0 Å². The van der Waals surface area contributed by atoms with Crippen molar-refractivity contribution < 1.29 is 18.3 Å². The van der Waals surface area contributed by atoms with E-state index in [1.165, 1.54) is 17.6 Å². The molecule has 0 radical (unpaired) electrons.